The van der Waals surface area contributed by atoms with Gasteiger partial charge in [0.05, 0.1) is 12.1 Å². The molecule has 0 saturated heterocycles. The molecule has 0 N–H and O–H groups in total. The molecular formula is C20H25NO2. The predicted molar refractivity (Wildman–Crippen MR) is 92.3 cm³/mol. The summed E-state index contributed by atoms with van der Waals surface area (Å²) >= 11 is 0. The van der Waals surface area contributed by atoms with Gasteiger partial charge in [-0.1, -0.05) is 24.3 Å². The zero-order chi connectivity index (χ0) is 16.1. The summed E-state index contributed by atoms with van der Waals surface area (Å²) in [6, 6.07) is 12.7. The van der Waals surface area contributed by atoms with E-state index in [1.165, 1.54) is 36.8 Å². The van der Waals surface area contributed by atoms with E-state index >= 15 is 0 Å². The normalized spacial score (nSPS) is 21.3. The van der Waals surface area contributed by atoms with Crippen molar-refractivity contribution in [2.75, 3.05) is 6.61 Å². The number of para-hydroxylation sites is 1. The van der Waals surface area contributed by atoms with E-state index < -0.39 is 0 Å². The molecule has 1 heterocycles. The third-order valence-electron chi connectivity index (χ3n) is 4.95. The molecular weight excluding hydrogens is 286 g/mol. The first-order valence-corrected chi connectivity index (χ1v) is 8.77. The molecule has 0 aliphatic heterocycles. The molecule has 0 bridgehead atoms. The van der Waals surface area contributed by atoms with Gasteiger partial charge in [0.25, 0.3) is 0 Å². The SMILES string of the molecule is CCOC(=O)CCC1CCC(c2ccc3ccccc3n2)CC1. The molecule has 1 aliphatic rings. The number of aromatic nitrogens is 1. The van der Waals surface area contributed by atoms with Crippen LogP contribution < -0.4 is 0 Å². The van der Waals surface area contributed by atoms with Crippen LogP contribution >= 0.6 is 0 Å². The second-order valence-corrected chi connectivity index (χ2v) is 6.49. The number of hydrogen-bond donors (Lipinski definition) is 0. The summed E-state index contributed by atoms with van der Waals surface area (Å²) in [5.74, 6) is 1.18. The molecule has 1 aromatic heterocycles. The van der Waals surface area contributed by atoms with Gasteiger partial charge in [0.15, 0.2) is 0 Å². The lowest BCUT2D eigenvalue weighted by Gasteiger charge is -2.28. The van der Waals surface area contributed by atoms with Crippen LogP contribution in [0.4, 0.5) is 0 Å². The average molecular weight is 311 g/mol. The lowest BCUT2D eigenvalue weighted by Crippen LogP contribution is -2.16. The van der Waals surface area contributed by atoms with Gasteiger partial charge in [-0.3, -0.25) is 9.78 Å². The topological polar surface area (TPSA) is 39.2 Å². The van der Waals surface area contributed by atoms with Crippen LogP contribution in [0, 0.1) is 5.92 Å². The van der Waals surface area contributed by atoms with Gasteiger partial charge in [-0.2, -0.15) is 0 Å². The zero-order valence-electron chi connectivity index (χ0n) is 13.8. The van der Waals surface area contributed by atoms with E-state index in [0.29, 0.717) is 24.9 Å². The Kier molecular flexibility index (Phi) is 5.27. The van der Waals surface area contributed by atoms with Gasteiger partial charge < -0.3 is 4.74 Å². The van der Waals surface area contributed by atoms with Crippen LogP contribution in [-0.4, -0.2) is 17.6 Å². The van der Waals surface area contributed by atoms with Crippen molar-refractivity contribution in [3.8, 4) is 0 Å². The highest BCUT2D eigenvalue weighted by atomic mass is 16.5. The molecule has 3 heteroatoms. The Labute approximate surface area is 138 Å². The van der Waals surface area contributed by atoms with Crippen LogP contribution in [0.3, 0.4) is 0 Å². The number of rotatable bonds is 5. The Hall–Kier alpha value is -1.90. The van der Waals surface area contributed by atoms with E-state index in [-0.39, 0.29) is 5.97 Å². The summed E-state index contributed by atoms with van der Waals surface area (Å²) in [6.07, 6.45) is 6.28. The van der Waals surface area contributed by atoms with Crippen LogP contribution in [-0.2, 0) is 9.53 Å². The Morgan fingerprint density at radius 2 is 1.91 bits per heavy atom. The maximum atomic E-state index is 11.5. The van der Waals surface area contributed by atoms with Crippen molar-refractivity contribution < 1.29 is 9.53 Å². The van der Waals surface area contributed by atoms with E-state index in [1.807, 2.05) is 13.0 Å². The predicted octanol–water partition coefficient (Wildman–Crippen LogP) is 4.85. The smallest absolute Gasteiger partial charge is 0.305 e. The van der Waals surface area contributed by atoms with Crippen molar-refractivity contribution in [3.05, 3.63) is 42.1 Å². The quantitative estimate of drug-likeness (QED) is 0.741. The highest BCUT2D eigenvalue weighted by Gasteiger charge is 2.23. The van der Waals surface area contributed by atoms with Crippen molar-refractivity contribution in [3.63, 3.8) is 0 Å². The number of hydrogen-bond acceptors (Lipinski definition) is 3. The molecule has 1 aromatic carbocycles. The van der Waals surface area contributed by atoms with E-state index in [1.54, 1.807) is 0 Å². The van der Waals surface area contributed by atoms with Gasteiger partial charge in [-0.05, 0) is 57.1 Å². The fraction of sp³-hybridized carbons (Fsp3) is 0.500. The van der Waals surface area contributed by atoms with Gasteiger partial charge in [0.1, 0.15) is 0 Å². The standard InChI is InChI=1S/C20H25NO2/c1-2-23-20(22)14-9-15-7-10-17(11-8-15)19-13-12-16-5-3-4-6-18(16)21-19/h3-6,12-13,15,17H,2,7-11,14H2,1H3. The Balaban J connectivity index is 1.54. The van der Waals surface area contributed by atoms with E-state index in [9.17, 15) is 4.79 Å². The summed E-state index contributed by atoms with van der Waals surface area (Å²) in [5, 5.41) is 1.21. The Morgan fingerprint density at radius 1 is 1.13 bits per heavy atom. The number of nitrogens with zero attached hydrogens (tertiary/aromatic N) is 1. The number of esters is 1. The zero-order valence-corrected chi connectivity index (χ0v) is 13.8. The summed E-state index contributed by atoms with van der Waals surface area (Å²) < 4.78 is 5.02. The molecule has 0 spiro atoms. The Bertz CT molecular complexity index is 659. The van der Waals surface area contributed by atoms with Gasteiger partial charge in [0.2, 0.25) is 0 Å². The number of benzene rings is 1. The lowest BCUT2D eigenvalue weighted by atomic mass is 9.78. The second-order valence-electron chi connectivity index (χ2n) is 6.49. The van der Waals surface area contributed by atoms with Crippen LogP contribution in [0.15, 0.2) is 36.4 Å². The minimum atomic E-state index is -0.0502. The average Bonchev–Trinajstić information content (AvgIpc) is 2.60. The van der Waals surface area contributed by atoms with Crippen molar-refractivity contribution in [2.24, 2.45) is 5.92 Å². The summed E-state index contributed by atoms with van der Waals surface area (Å²) in [5.41, 5.74) is 2.32. The molecule has 3 nitrogen and oxygen atoms in total. The molecule has 1 fully saturated rings. The summed E-state index contributed by atoms with van der Waals surface area (Å²) in [7, 11) is 0. The fourth-order valence-corrected chi connectivity index (χ4v) is 3.61. The summed E-state index contributed by atoms with van der Waals surface area (Å²) in [4.78, 5) is 16.3. The van der Waals surface area contributed by atoms with Crippen LogP contribution in [0.5, 0.6) is 0 Å². The molecule has 0 radical (unpaired) electrons. The van der Waals surface area contributed by atoms with Crippen LogP contribution in [0.1, 0.15) is 57.1 Å². The minimum Gasteiger partial charge on any atom is -0.466 e. The molecule has 122 valence electrons. The monoisotopic (exact) mass is 311 g/mol. The van der Waals surface area contributed by atoms with Crippen LogP contribution in [0.2, 0.25) is 0 Å². The van der Waals surface area contributed by atoms with Gasteiger partial charge >= 0.3 is 5.97 Å². The van der Waals surface area contributed by atoms with Gasteiger partial charge in [-0.15, -0.1) is 0 Å². The maximum absolute atomic E-state index is 11.5. The van der Waals surface area contributed by atoms with E-state index in [2.05, 4.69) is 30.3 Å². The molecule has 2 aromatic rings. The number of ether oxygens (including phenoxy) is 1. The van der Waals surface area contributed by atoms with Crippen molar-refractivity contribution in [1.82, 2.24) is 4.98 Å². The first-order chi connectivity index (χ1) is 11.3. The molecule has 3 rings (SSSR count). The van der Waals surface area contributed by atoms with Gasteiger partial charge in [-0.25, -0.2) is 0 Å². The largest absolute Gasteiger partial charge is 0.466 e. The lowest BCUT2D eigenvalue weighted by molar-refractivity contribution is -0.143. The van der Waals surface area contributed by atoms with Crippen molar-refractivity contribution in [1.29, 1.82) is 0 Å². The van der Waals surface area contributed by atoms with E-state index in [4.69, 9.17) is 9.72 Å². The first-order valence-electron chi connectivity index (χ1n) is 8.77. The number of carbonyl (C=O) groups is 1. The molecule has 23 heavy (non-hydrogen) atoms. The van der Waals surface area contributed by atoms with Gasteiger partial charge in [0, 0.05) is 23.4 Å². The third kappa shape index (κ3) is 4.10. The second kappa shape index (κ2) is 7.58. The number of pyridine rings is 1. The molecule has 1 saturated carbocycles. The highest BCUT2D eigenvalue weighted by Crippen LogP contribution is 2.37. The molecule has 0 atom stereocenters. The van der Waals surface area contributed by atoms with E-state index in [0.717, 1.165) is 11.9 Å². The Morgan fingerprint density at radius 3 is 2.70 bits per heavy atom. The van der Waals surface area contributed by atoms with Crippen molar-refractivity contribution in [2.45, 2.75) is 51.4 Å². The molecule has 0 unspecified atom stereocenters. The molecule has 1 aliphatic carbocycles. The molecule has 0 amide bonds. The maximum Gasteiger partial charge on any atom is 0.305 e. The summed E-state index contributed by atoms with van der Waals surface area (Å²) in [6.45, 7) is 2.35. The van der Waals surface area contributed by atoms with Crippen LogP contribution in [0.25, 0.3) is 10.9 Å². The minimum absolute atomic E-state index is 0.0502. The first kappa shape index (κ1) is 16.0. The third-order valence-corrected chi connectivity index (χ3v) is 4.95. The fourth-order valence-electron chi connectivity index (χ4n) is 3.61. The number of fused-ring (bicyclic) bond motifs is 1. The van der Waals surface area contributed by atoms with Crippen molar-refractivity contribution >= 4 is 16.9 Å². The highest BCUT2D eigenvalue weighted by molar-refractivity contribution is 5.78. The number of carbonyl (C=O) groups excluding carboxylic acids is 1.